The van der Waals surface area contributed by atoms with E-state index in [1.54, 1.807) is 0 Å². The summed E-state index contributed by atoms with van der Waals surface area (Å²) < 4.78 is 0. The van der Waals surface area contributed by atoms with E-state index in [2.05, 4.69) is 132 Å². The highest BCUT2D eigenvalue weighted by molar-refractivity contribution is 6.08. The number of fused-ring (bicyclic) bond motifs is 3. The monoisotopic (exact) mass is 556 g/mol. The van der Waals surface area contributed by atoms with Crippen LogP contribution in [0.15, 0.2) is 133 Å². The van der Waals surface area contributed by atoms with Gasteiger partial charge in [0.25, 0.3) is 0 Å². The van der Waals surface area contributed by atoms with Crippen molar-refractivity contribution in [2.75, 3.05) is 4.90 Å². The van der Waals surface area contributed by atoms with Crippen LogP contribution in [0.5, 0.6) is 0 Å². The summed E-state index contributed by atoms with van der Waals surface area (Å²) >= 11 is 0. The Balaban J connectivity index is 1.36. The average Bonchev–Trinajstić information content (AvgIpc) is 3.44. The fourth-order valence-electron chi connectivity index (χ4n) is 5.80. The highest BCUT2D eigenvalue weighted by atomic mass is 15.1. The molecule has 0 atom stereocenters. The maximum atomic E-state index is 5.19. The second kappa shape index (κ2) is 11.1. The summed E-state index contributed by atoms with van der Waals surface area (Å²) in [7, 11) is 0. The number of aromatic amines is 1. The molecule has 5 aromatic carbocycles. The van der Waals surface area contributed by atoms with Gasteiger partial charge in [0.15, 0.2) is 0 Å². The van der Waals surface area contributed by atoms with Gasteiger partial charge in [-0.25, -0.2) is 9.97 Å². The van der Waals surface area contributed by atoms with Gasteiger partial charge in [0.2, 0.25) is 0 Å². The van der Waals surface area contributed by atoms with Crippen molar-refractivity contribution >= 4 is 44.4 Å². The van der Waals surface area contributed by atoms with Gasteiger partial charge in [-0.2, -0.15) is 0 Å². The van der Waals surface area contributed by atoms with Crippen molar-refractivity contribution in [3.05, 3.63) is 145 Å². The molecule has 0 amide bonds. The number of para-hydroxylation sites is 2. The second-order valence-corrected chi connectivity index (χ2v) is 10.8. The van der Waals surface area contributed by atoms with Gasteiger partial charge in [-0.3, -0.25) is 0 Å². The Bertz CT molecular complexity index is 2090. The number of anilines is 3. The van der Waals surface area contributed by atoms with Gasteiger partial charge in [0.05, 0.1) is 22.8 Å². The van der Waals surface area contributed by atoms with Crippen LogP contribution in [0.4, 0.5) is 17.1 Å². The lowest BCUT2D eigenvalue weighted by molar-refractivity contribution is 1.09. The number of benzene rings is 5. The minimum Gasteiger partial charge on any atom is -0.355 e. The van der Waals surface area contributed by atoms with Gasteiger partial charge >= 0.3 is 0 Å². The van der Waals surface area contributed by atoms with E-state index in [0.717, 1.165) is 67.6 Å². The molecule has 2 aromatic heterocycles. The summed E-state index contributed by atoms with van der Waals surface area (Å²) in [6, 6.07) is 44.6. The maximum Gasteiger partial charge on any atom is 0.0972 e. The molecule has 0 aliphatic carbocycles. The van der Waals surface area contributed by atoms with Crippen LogP contribution in [0, 0.1) is 6.92 Å². The molecule has 0 unspecified atom stereocenters. The molecule has 4 nitrogen and oxygen atoms in total. The van der Waals surface area contributed by atoms with Crippen LogP contribution >= 0.6 is 0 Å². The molecule has 4 heteroatoms. The number of rotatable bonds is 6. The summed E-state index contributed by atoms with van der Waals surface area (Å²) in [5.41, 5.74) is 12.4. The second-order valence-electron chi connectivity index (χ2n) is 10.8. The Morgan fingerprint density at radius 3 is 1.93 bits per heavy atom. The van der Waals surface area contributed by atoms with Gasteiger partial charge in [0, 0.05) is 50.0 Å². The van der Waals surface area contributed by atoms with E-state index >= 15 is 0 Å². The van der Waals surface area contributed by atoms with Crippen molar-refractivity contribution in [1.29, 1.82) is 0 Å². The molecule has 0 radical (unpaired) electrons. The van der Waals surface area contributed by atoms with Crippen LogP contribution in [-0.4, -0.2) is 15.0 Å². The number of H-pyrrole nitrogens is 1. The topological polar surface area (TPSA) is 44.8 Å². The van der Waals surface area contributed by atoms with Gasteiger partial charge in [-0.15, -0.1) is 0 Å². The smallest absolute Gasteiger partial charge is 0.0972 e. The van der Waals surface area contributed by atoms with Crippen LogP contribution in [0.1, 0.15) is 25.2 Å². The normalized spacial score (nSPS) is 11.7. The molecule has 7 aromatic rings. The SMILES string of the molecule is C/C=C(/C)c1nc(-c2ccc(N(c3ccccc3)c3ccc4[nH]c5ccccc5c4c3)cc2)c(-c2ccccc2)nc1C. The Morgan fingerprint density at radius 2 is 1.19 bits per heavy atom. The minimum absolute atomic E-state index is 0.881. The van der Waals surface area contributed by atoms with Crippen LogP contribution in [-0.2, 0) is 0 Å². The Labute approximate surface area is 252 Å². The molecule has 0 saturated heterocycles. The van der Waals surface area contributed by atoms with Gasteiger partial charge in [-0.05, 0) is 74.9 Å². The van der Waals surface area contributed by atoms with Gasteiger partial charge in [0.1, 0.15) is 0 Å². The van der Waals surface area contributed by atoms with Crippen molar-refractivity contribution in [3.8, 4) is 22.5 Å². The summed E-state index contributed by atoms with van der Waals surface area (Å²) in [6.07, 6.45) is 2.09. The van der Waals surface area contributed by atoms with Crippen LogP contribution in [0.3, 0.4) is 0 Å². The van der Waals surface area contributed by atoms with Crippen molar-refractivity contribution < 1.29 is 0 Å². The summed E-state index contributed by atoms with van der Waals surface area (Å²) in [5.74, 6) is 0. The lowest BCUT2D eigenvalue weighted by Crippen LogP contribution is -2.09. The number of nitrogens with zero attached hydrogens (tertiary/aromatic N) is 3. The molecular formula is C39H32N4. The molecule has 1 N–H and O–H groups in total. The third-order valence-electron chi connectivity index (χ3n) is 8.09. The summed E-state index contributed by atoms with van der Waals surface area (Å²) in [6.45, 7) is 6.17. The Morgan fingerprint density at radius 1 is 0.605 bits per heavy atom. The maximum absolute atomic E-state index is 5.19. The third kappa shape index (κ3) is 4.87. The molecule has 0 aliphatic rings. The van der Waals surface area contributed by atoms with E-state index in [1.165, 1.54) is 10.8 Å². The third-order valence-corrected chi connectivity index (χ3v) is 8.09. The fourth-order valence-corrected chi connectivity index (χ4v) is 5.80. The molecule has 43 heavy (non-hydrogen) atoms. The zero-order valence-corrected chi connectivity index (χ0v) is 24.5. The molecule has 0 bridgehead atoms. The van der Waals surface area contributed by atoms with Crippen molar-refractivity contribution in [1.82, 2.24) is 15.0 Å². The average molecular weight is 557 g/mol. The molecule has 208 valence electrons. The van der Waals surface area contributed by atoms with Gasteiger partial charge in [-0.1, -0.05) is 84.9 Å². The van der Waals surface area contributed by atoms with Crippen molar-refractivity contribution in [2.24, 2.45) is 0 Å². The summed E-state index contributed by atoms with van der Waals surface area (Å²) in [4.78, 5) is 16.1. The number of aryl methyl sites for hydroxylation is 1. The van der Waals surface area contributed by atoms with E-state index < -0.39 is 0 Å². The van der Waals surface area contributed by atoms with E-state index in [0.29, 0.717) is 0 Å². The summed E-state index contributed by atoms with van der Waals surface area (Å²) in [5, 5.41) is 2.43. The zero-order chi connectivity index (χ0) is 29.3. The lowest BCUT2D eigenvalue weighted by Gasteiger charge is -2.26. The van der Waals surface area contributed by atoms with E-state index in [1.807, 2.05) is 32.0 Å². The van der Waals surface area contributed by atoms with Crippen LogP contribution < -0.4 is 4.90 Å². The Kier molecular flexibility index (Phi) is 6.80. The first kappa shape index (κ1) is 26.4. The number of allylic oxidation sites excluding steroid dienone is 2. The number of aromatic nitrogens is 3. The number of nitrogens with one attached hydrogen (secondary N) is 1. The van der Waals surface area contributed by atoms with Gasteiger partial charge < -0.3 is 9.88 Å². The largest absolute Gasteiger partial charge is 0.355 e. The van der Waals surface area contributed by atoms with E-state index in [9.17, 15) is 0 Å². The molecule has 0 spiro atoms. The standard InChI is InChI=1S/C39H32N4/c1-4-26(2)37-27(3)40-38(28-13-7-5-8-14-28)39(42-37)29-19-21-31(22-20-29)43(30-15-9-6-10-16-30)32-23-24-36-34(25-32)33-17-11-12-18-35(33)41-36/h4-25,41H,1-3H3/b26-4-. The predicted molar refractivity (Wildman–Crippen MR) is 181 cm³/mol. The minimum atomic E-state index is 0.881. The van der Waals surface area contributed by atoms with E-state index in [-0.39, 0.29) is 0 Å². The first-order valence-electron chi connectivity index (χ1n) is 14.6. The predicted octanol–water partition coefficient (Wildman–Crippen LogP) is 10.6. The number of hydrogen-bond acceptors (Lipinski definition) is 3. The zero-order valence-electron chi connectivity index (χ0n) is 24.5. The highest BCUT2D eigenvalue weighted by Crippen LogP contribution is 2.39. The fraction of sp³-hybridized carbons (Fsp3) is 0.0769. The highest BCUT2D eigenvalue weighted by Gasteiger charge is 2.18. The molecule has 0 aliphatic heterocycles. The van der Waals surface area contributed by atoms with E-state index in [4.69, 9.17) is 9.97 Å². The molecule has 2 heterocycles. The first-order valence-corrected chi connectivity index (χ1v) is 14.6. The van der Waals surface area contributed by atoms with Crippen molar-refractivity contribution in [2.45, 2.75) is 20.8 Å². The molecule has 7 rings (SSSR count). The lowest BCUT2D eigenvalue weighted by atomic mass is 10.0. The van der Waals surface area contributed by atoms with Crippen LogP contribution in [0.25, 0.3) is 49.9 Å². The Hall–Kier alpha value is -5.48. The number of hydrogen-bond donors (Lipinski definition) is 1. The quantitative estimate of drug-likeness (QED) is 0.222. The first-order chi connectivity index (χ1) is 21.1. The molecular weight excluding hydrogens is 524 g/mol. The van der Waals surface area contributed by atoms with Crippen LogP contribution in [0.2, 0.25) is 0 Å². The molecule has 0 fully saturated rings. The van der Waals surface area contributed by atoms with Crippen molar-refractivity contribution in [3.63, 3.8) is 0 Å². The molecule has 0 saturated carbocycles.